The molecule has 0 radical (unpaired) electrons. The third-order valence-electron chi connectivity index (χ3n) is 3.76. The number of rotatable bonds is 8. The van der Waals surface area contributed by atoms with Gasteiger partial charge in [0.1, 0.15) is 0 Å². The number of hydrogen-bond acceptors (Lipinski definition) is 3. The van der Waals surface area contributed by atoms with E-state index in [2.05, 4.69) is 26.1 Å². The van der Waals surface area contributed by atoms with E-state index >= 15 is 0 Å². The van der Waals surface area contributed by atoms with Crippen molar-refractivity contribution in [2.75, 3.05) is 12.8 Å². The highest BCUT2D eigenvalue weighted by molar-refractivity contribution is 7.92. The lowest BCUT2D eigenvalue weighted by Gasteiger charge is -2.35. The lowest BCUT2D eigenvalue weighted by molar-refractivity contribution is 0.315. The smallest absolute Gasteiger partial charge is 0.154 e. The van der Waals surface area contributed by atoms with Gasteiger partial charge in [0.15, 0.2) is 9.84 Å². The Labute approximate surface area is 114 Å². The molecule has 0 aliphatic heterocycles. The summed E-state index contributed by atoms with van der Waals surface area (Å²) < 4.78 is 23.2. The van der Waals surface area contributed by atoms with Crippen molar-refractivity contribution >= 4 is 9.84 Å². The van der Waals surface area contributed by atoms with Crippen LogP contribution >= 0.6 is 0 Å². The summed E-state index contributed by atoms with van der Waals surface area (Å²) in [5.74, 6) is 1.19. The van der Waals surface area contributed by atoms with Crippen LogP contribution in [0.5, 0.6) is 0 Å². The van der Waals surface area contributed by atoms with Gasteiger partial charge in [0.25, 0.3) is 0 Å². The Hall–Kier alpha value is -0.0900. The molecule has 110 valence electrons. The molecule has 0 saturated heterocycles. The van der Waals surface area contributed by atoms with Crippen LogP contribution < -0.4 is 5.32 Å². The fourth-order valence-electron chi connectivity index (χ4n) is 2.42. The van der Waals surface area contributed by atoms with E-state index in [-0.39, 0.29) is 6.04 Å². The van der Waals surface area contributed by atoms with Crippen LogP contribution in [0.2, 0.25) is 0 Å². The standard InChI is InChI=1S/C14H31NO2S/c1-8-15-13(10-12(4)9-11(2)3)14(5,6)18(7,16)17/h11-13,15H,8-10H2,1-7H3. The van der Waals surface area contributed by atoms with E-state index in [9.17, 15) is 8.42 Å². The van der Waals surface area contributed by atoms with Crippen molar-refractivity contribution in [3.8, 4) is 0 Å². The molecule has 0 heterocycles. The quantitative estimate of drug-likeness (QED) is 0.742. The van der Waals surface area contributed by atoms with Crippen molar-refractivity contribution in [3.63, 3.8) is 0 Å². The minimum absolute atomic E-state index is 0.0197. The Morgan fingerprint density at radius 2 is 1.61 bits per heavy atom. The van der Waals surface area contributed by atoms with Gasteiger partial charge in [-0.2, -0.15) is 0 Å². The minimum atomic E-state index is -3.06. The average molecular weight is 277 g/mol. The zero-order valence-electron chi connectivity index (χ0n) is 13.1. The summed E-state index contributed by atoms with van der Waals surface area (Å²) in [6.45, 7) is 13.1. The zero-order valence-corrected chi connectivity index (χ0v) is 13.9. The largest absolute Gasteiger partial charge is 0.313 e. The topological polar surface area (TPSA) is 46.2 Å². The first-order chi connectivity index (χ1) is 8.02. The Kier molecular flexibility index (Phi) is 6.86. The van der Waals surface area contributed by atoms with E-state index < -0.39 is 14.6 Å². The summed E-state index contributed by atoms with van der Waals surface area (Å²) in [7, 11) is -3.06. The van der Waals surface area contributed by atoms with Crippen molar-refractivity contribution in [2.24, 2.45) is 11.8 Å². The Balaban J connectivity index is 4.87. The van der Waals surface area contributed by atoms with E-state index in [0.717, 1.165) is 19.4 Å². The van der Waals surface area contributed by atoms with Gasteiger partial charge >= 0.3 is 0 Å². The number of nitrogens with one attached hydrogen (secondary N) is 1. The molecule has 0 amide bonds. The Morgan fingerprint density at radius 1 is 1.11 bits per heavy atom. The van der Waals surface area contributed by atoms with Crippen molar-refractivity contribution in [3.05, 3.63) is 0 Å². The molecule has 4 heteroatoms. The van der Waals surface area contributed by atoms with Gasteiger partial charge in [0.05, 0.1) is 4.75 Å². The highest BCUT2D eigenvalue weighted by atomic mass is 32.2. The molecule has 0 saturated carbocycles. The maximum absolute atomic E-state index is 11.9. The van der Waals surface area contributed by atoms with Crippen LogP contribution in [0.25, 0.3) is 0 Å². The molecule has 0 aromatic heterocycles. The summed E-state index contributed by atoms with van der Waals surface area (Å²) in [6.07, 6.45) is 3.39. The Morgan fingerprint density at radius 3 is 1.94 bits per heavy atom. The second-order valence-corrected chi connectivity index (χ2v) is 9.05. The van der Waals surface area contributed by atoms with Gasteiger partial charge < -0.3 is 5.32 Å². The molecule has 0 aliphatic rings. The van der Waals surface area contributed by atoms with Crippen LogP contribution in [-0.2, 0) is 9.84 Å². The second-order valence-electron chi connectivity index (χ2n) is 6.46. The van der Waals surface area contributed by atoms with Gasteiger partial charge in [0, 0.05) is 12.3 Å². The van der Waals surface area contributed by atoms with Gasteiger partial charge in [-0.25, -0.2) is 8.42 Å². The predicted molar refractivity (Wildman–Crippen MR) is 79.6 cm³/mol. The van der Waals surface area contributed by atoms with E-state index in [1.807, 2.05) is 20.8 Å². The van der Waals surface area contributed by atoms with Crippen LogP contribution in [0, 0.1) is 11.8 Å². The summed E-state index contributed by atoms with van der Waals surface area (Å²) in [5, 5.41) is 3.35. The first-order valence-electron chi connectivity index (χ1n) is 6.95. The van der Waals surface area contributed by atoms with Gasteiger partial charge in [-0.1, -0.05) is 27.7 Å². The molecule has 0 spiro atoms. The van der Waals surface area contributed by atoms with E-state index in [1.165, 1.54) is 6.26 Å². The third-order valence-corrected chi connectivity index (χ3v) is 5.95. The van der Waals surface area contributed by atoms with Crippen LogP contribution in [0.1, 0.15) is 54.4 Å². The van der Waals surface area contributed by atoms with E-state index in [4.69, 9.17) is 0 Å². The van der Waals surface area contributed by atoms with Crippen molar-refractivity contribution in [2.45, 2.75) is 65.2 Å². The molecule has 0 rings (SSSR count). The predicted octanol–water partition coefficient (Wildman–Crippen LogP) is 2.86. The summed E-state index contributed by atoms with van der Waals surface area (Å²) in [4.78, 5) is 0. The van der Waals surface area contributed by atoms with Crippen molar-refractivity contribution in [1.29, 1.82) is 0 Å². The van der Waals surface area contributed by atoms with Gasteiger partial charge in [-0.05, 0) is 45.1 Å². The normalized spacial score (nSPS) is 16.9. The Bertz CT molecular complexity index is 334. The molecule has 3 nitrogen and oxygen atoms in total. The average Bonchev–Trinajstić information content (AvgIpc) is 2.13. The monoisotopic (exact) mass is 277 g/mol. The molecule has 1 N–H and O–H groups in total. The molecule has 0 fully saturated rings. The second kappa shape index (κ2) is 6.90. The molecule has 18 heavy (non-hydrogen) atoms. The van der Waals surface area contributed by atoms with Crippen molar-refractivity contribution < 1.29 is 8.42 Å². The third kappa shape index (κ3) is 5.27. The molecule has 0 bridgehead atoms. The van der Waals surface area contributed by atoms with Crippen LogP contribution in [0.4, 0.5) is 0 Å². The first kappa shape index (κ1) is 17.9. The molecular weight excluding hydrogens is 246 g/mol. The molecule has 0 aromatic rings. The summed E-state index contributed by atoms with van der Waals surface area (Å²) in [5.41, 5.74) is 0. The fraction of sp³-hybridized carbons (Fsp3) is 1.00. The highest BCUT2D eigenvalue weighted by Gasteiger charge is 2.38. The maximum atomic E-state index is 11.9. The lowest BCUT2D eigenvalue weighted by Crippen LogP contribution is -2.52. The van der Waals surface area contributed by atoms with Crippen LogP contribution in [0.3, 0.4) is 0 Å². The number of sulfone groups is 1. The highest BCUT2D eigenvalue weighted by Crippen LogP contribution is 2.27. The minimum Gasteiger partial charge on any atom is -0.313 e. The summed E-state index contributed by atoms with van der Waals surface area (Å²) in [6, 6.07) is 0.0197. The van der Waals surface area contributed by atoms with Gasteiger partial charge in [-0.15, -0.1) is 0 Å². The maximum Gasteiger partial charge on any atom is 0.154 e. The molecule has 0 aliphatic carbocycles. The first-order valence-corrected chi connectivity index (χ1v) is 8.84. The molecule has 2 unspecified atom stereocenters. The SMILES string of the molecule is CCNC(CC(C)CC(C)C)C(C)(C)S(C)(=O)=O. The van der Waals surface area contributed by atoms with Gasteiger partial charge in [0.2, 0.25) is 0 Å². The zero-order chi connectivity index (χ0) is 14.6. The molecule has 0 aromatic carbocycles. The fourth-order valence-corrected chi connectivity index (χ4v) is 3.12. The van der Waals surface area contributed by atoms with E-state index in [0.29, 0.717) is 11.8 Å². The van der Waals surface area contributed by atoms with Crippen molar-refractivity contribution in [1.82, 2.24) is 5.32 Å². The molecular formula is C14H31NO2S. The lowest BCUT2D eigenvalue weighted by atomic mass is 9.88. The van der Waals surface area contributed by atoms with Gasteiger partial charge in [-0.3, -0.25) is 0 Å². The molecule has 2 atom stereocenters. The summed E-state index contributed by atoms with van der Waals surface area (Å²) >= 11 is 0. The van der Waals surface area contributed by atoms with Crippen LogP contribution in [-0.4, -0.2) is 32.0 Å². The van der Waals surface area contributed by atoms with E-state index in [1.54, 1.807) is 0 Å². The number of hydrogen-bond donors (Lipinski definition) is 1. The van der Waals surface area contributed by atoms with Crippen LogP contribution in [0.15, 0.2) is 0 Å².